The van der Waals surface area contributed by atoms with Crippen molar-refractivity contribution in [1.29, 1.82) is 0 Å². The van der Waals surface area contributed by atoms with Crippen LogP contribution in [0.2, 0.25) is 0 Å². The Hall–Kier alpha value is -3.93. The first-order valence-electron chi connectivity index (χ1n) is 14.8. The number of para-hydroxylation sites is 2. The number of allylic oxidation sites excluding steroid dienone is 1. The van der Waals surface area contributed by atoms with Crippen LogP contribution in [0.1, 0.15) is 102 Å². The van der Waals surface area contributed by atoms with Gasteiger partial charge in [-0.3, -0.25) is 14.5 Å². The number of Topliss-reactive ketones (excluding diaryl/α,β-unsaturated/α-hetero) is 1. The van der Waals surface area contributed by atoms with Crippen LogP contribution in [0.3, 0.4) is 0 Å². The average molecular weight is 569 g/mol. The smallest absolute Gasteiger partial charge is 0.227 e. The van der Waals surface area contributed by atoms with Crippen LogP contribution in [0.25, 0.3) is 0 Å². The molecular weight excluding hydrogens is 527 g/mol. The molecule has 0 bridgehead atoms. The van der Waals surface area contributed by atoms with Gasteiger partial charge in [0.05, 0.1) is 17.4 Å². The third kappa shape index (κ3) is 5.35. The Labute approximate surface area is 248 Å². The molecule has 1 aliphatic heterocycles. The maximum absolute atomic E-state index is 14.5. The fourth-order valence-electron chi connectivity index (χ4n) is 6.45. The van der Waals surface area contributed by atoms with Gasteiger partial charge in [-0.2, -0.15) is 0 Å². The van der Waals surface area contributed by atoms with Crippen molar-refractivity contribution < 1.29 is 19.1 Å². The fourth-order valence-corrected chi connectivity index (χ4v) is 6.45. The lowest BCUT2D eigenvalue weighted by Crippen LogP contribution is -2.40. The zero-order valence-corrected chi connectivity index (χ0v) is 25.6. The summed E-state index contributed by atoms with van der Waals surface area (Å²) in [7, 11) is 0. The number of carbonyl (C=O) groups is 2. The van der Waals surface area contributed by atoms with Crippen molar-refractivity contribution in [3.63, 3.8) is 0 Å². The van der Waals surface area contributed by atoms with Crippen LogP contribution < -0.4 is 10.2 Å². The van der Waals surface area contributed by atoms with Crippen molar-refractivity contribution in [3.05, 3.63) is 100 Å². The SMILES string of the molecule is CCC(=O)N1c2ccccc2NC2=C(C(=O)CC(c3ccc(F)cc3)C2)C1c1c(C(C)(C)C)cc(O)cc1C(C)(C)C. The van der Waals surface area contributed by atoms with Crippen LogP contribution in [0, 0.1) is 5.82 Å². The number of aromatic hydroxyl groups is 1. The van der Waals surface area contributed by atoms with E-state index in [0.29, 0.717) is 17.7 Å². The third-order valence-corrected chi connectivity index (χ3v) is 8.46. The van der Waals surface area contributed by atoms with Crippen LogP contribution >= 0.6 is 0 Å². The molecule has 2 atom stereocenters. The summed E-state index contributed by atoms with van der Waals surface area (Å²) in [4.78, 5) is 30.3. The van der Waals surface area contributed by atoms with Crippen molar-refractivity contribution in [2.75, 3.05) is 10.2 Å². The summed E-state index contributed by atoms with van der Waals surface area (Å²) < 4.78 is 13.8. The Kier molecular flexibility index (Phi) is 7.55. The molecule has 5 rings (SSSR count). The second kappa shape index (κ2) is 10.7. The number of rotatable bonds is 3. The number of nitrogens with zero attached hydrogens (tertiary/aromatic N) is 1. The summed E-state index contributed by atoms with van der Waals surface area (Å²) in [5.41, 5.74) is 5.60. The monoisotopic (exact) mass is 568 g/mol. The molecule has 42 heavy (non-hydrogen) atoms. The minimum absolute atomic E-state index is 0.0439. The van der Waals surface area contributed by atoms with Crippen molar-refractivity contribution in [3.8, 4) is 5.75 Å². The number of phenolic OH excluding ortho intramolecular Hbond substituents is 1. The van der Waals surface area contributed by atoms with Crippen LogP contribution in [0.5, 0.6) is 5.75 Å². The van der Waals surface area contributed by atoms with E-state index in [0.717, 1.165) is 33.6 Å². The number of benzene rings is 3. The molecule has 0 radical (unpaired) electrons. The topological polar surface area (TPSA) is 69.6 Å². The van der Waals surface area contributed by atoms with E-state index >= 15 is 0 Å². The van der Waals surface area contributed by atoms with Gasteiger partial charge in [-0.1, -0.05) is 72.7 Å². The molecule has 2 N–H and O–H groups in total. The predicted molar refractivity (Wildman–Crippen MR) is 166 cm³/mol. The van der Waals surface area contributed by atoms with Gasteiger partial charge >= 0.3 is 0 Å². The highest BCUT2D eigenvalue weighted by molar-refractivity contribution is 6.06. The Bertz CT molecular complexity index is 1540. The quantitative estimate of drug-likeness (QED) is 0.333. The van der Waals surface area contributed by atoms with Gasteiger partial charge in [-0.25, -0.2) is 4.39 Å². The van der Waals surface area contributed by atoms with Gasteiger partial charge in [-0.05, 0) is 81.8 Å². The van der Waals surface area contributed by atoms with Crippen LogP contribution in [0.15, 0.2) is 71.9 Å². The summed E-state index contributed by atoms with van der Waals surface area (Å²) in [5, 5.41) is 14.5. The number of fused-ring (bicyclic) bond motifs is 1. The van der Waals surface area contributed by atoms with Crippen molar-refractivity contribution in [2.24, 2.45) is 0 Å². The lowest BCUT2D eigenvalue weighted by atomic mass is 9.70. The van der Waals surface area contributed by atoms with Gasteiger partial charge in [0.2, 0.25) is 5.91 Å². The fraction of sp³-hybridized carbons (Fsp3) is 0.389. The lowest BCUT2D eigenvalue weighted by molar-refractivity contribution is -0.119. The number of anilines is 2. The van der Waals surface area contributed by atoms with E-state index in [4.69, 9.17) is 0 Å². The molecule has 220 valence electrons. The largest absolute Gasteiger partial charge is 0.508 e. The highest BCUT2D eigenvalue weighted by atomic mass is 19.1. The number of nitrogens with one attached hydrogen (secondary N) is 1. The molecule has 1 aliphatic carbocycles. The van der Waals surface area contributed by atoms with Gasteiger partial charge in [0.1, 0.15) is 11.6 Å². The molecule has 1 amide bonds. The summed E-state index contributed by atoms with van der Waals surface area (Å²) in [6.07, 6.45) is 1.05. The minimum Gasteiger partial charge on any atom is -0.508 e. The first-order valence-corrected chi connectivity index (χ1v) is 14.8. The lowest BCUT2D eigenvalue weighted by Gasteiger charge is -2.40. The standard InChI is InChI=1S/C36H41FN2O3/c1-8-31(42)39-29-12-10-9-11-27(29)38-28-17-22(21-13-15-23(37)16-14-21)18-30(41)33(28)34(39)32-25(35(2,3)4)19-24(40)20-26(32)36(5,6)7/h9-16,19-20,22,34,38,40H,8,17-18H2,1-7H3. The second-order valence-electron chi connectivity index (χ2n) is 13.6. The molecule has 0 saturated carbocycles. The molecule has 0 spiro atoms. The maximum Gasteiger partial charge on any atom is 0.227 e. The highest BCUT2D eigenvalue weighted by Crippen LogP contribution is 2.51. The Balaban J connectivity index is 1.87. The molecule has 6 heteroatoms. The number of amides is 1. The van der Waals surface area contributed by atoms with E-state index in [9.17, 15) is 19.1 Å². The Morgan fingerprint density at radius 3 is 2.12 bits per heavy atom. The molecule has 3 aromatic carbocycles. The maximum atomic E-state index is 14.5. The van der Waals surface area contributed by atoms with Gasteiger partial charge in [-0.15, -0.1) is 0 Å². The summed E-state index contributed by atoms with van der Waals surface area (Å²) in [6, 6.07) is 17.0. The highest BCUT2D eigenvalue weighted by Gasteiger charge is 2.44. The van der Waals surface area contributed by atoms with Crippen molar-refractivity contribution in [1.82, 2.24) is 0 Å². The van der Waals surface area contributed by atoms with E-state index in [2.05, 4.69) is 46.9 Å². The first kappa shape index (κ1) is 29.6. The average Bonchev–Trinajstić information content (AvgIpc) is 3.06. The molecule has 5 nitrogen and oxygen atoms in total. The summed E-state index contributed by atoms with van der Waals surface area (Å²) >= 11 is 0. The predicted octanol–water partition coefficient (Wildman–Crippen LogP) is 8.44. The molecule has 2 unspecified atom stereocenters. The first-order chi connectivity index (χ1) is 19.7. The number of hydrogen-bond donors (Lipinski definition) is 2. The molecule has 2 aliphatic rings. The molecular formula is C36H41FN2O3. The van der Waals surface area contributed by atoms with E-state index in [1.807, 2.05) is 31.2 Å². The third-order valence-electron chi connectivity index (χ3n) is 8.46. The minimum atomic E-state index is -0.700. The van der Waals surface area contributed by atoms with Crippen molar-refractivity contribution >= 4 is 23.1 Å². The Morgan fingerprint density at radius 1 is 0.952 bits per heavy atom. The van der Waals surface area contributed by atoms with Gasteiger partial charge in [0.15, 0.2) is 5.78 Å². The second-order valence-corrected chi connectivity index (χ2v) is 13.6. The van der Waals surface area contributed by atoms with Gasteiger partial charge < -0.3 is 10.4 Å². The number of carbonyl (C=O) groups excluding carboxylic acids is 2. The van der Waals surface area contributed by atoms with Crippen LogP contribution in [-0.2, 0) is 20.4 Å². The normalized spacial score (nSPS) is 19.1. The molecule has 1 heterocycles. The van der Waals surface area contributed by atoms with Crippen molar-refractivity contribution in [2.45, 2.75) is 90.5 Å². The molecule has 0 saturated heterocycles. The Morgan fingerprint density at radius 2 is 1.55 bits per heavy atom. The van der Waals surface area contributed by atoms with E-state index < -0.39 is 16.9 Å². The number of hydrogen-bond acceptors (Lipinski definition) is 4. The summed E-state index contributed by atoms with van der Waals surface area (Å²) in [5.74, 6) is -0.418. The molecule has 0 aromatic heterocycles. The van der Waals surface area contributed by atoms with Crippen LogP contribution in [-0.4, -0.2) is 16.8 Å². The zero-order chi connectivity index (χ0) is 30.6. The molecule has 0 fully saturated rings. The van der Waals surface area contributed by atoms with E-state index in [1.54, 1.807) is 29.2 Å². The number of halogens is 1. The zero-order valence-electron chi connectivity index (χ0n) is 25.6. The van der Waals surface area contributed by atoms with Gasteiger partial charge in [0, 0.05) is 24.1 Å². The molecule has 3 aromatic rings. The van der Waals surface area contributed by atoms with E-state index in [1.165, 1.54) is 12.1 Å². The number of phenols is 1. The number of ketones is 1. The van der Waals surface area contributed by atoms with E-state index in [-0.39, 0.29) is 42.0 Å². The van der Waals surface area contributed by atoms with Gasteiger partial charge in [0.25, 0.3) is 0 Å². The van der Waals surface area contributed by atoms with Crippen LogP contribution in [0.4, 0.5) is 15.8 Å². The summed E-state index contributed by atoms with van der Waals surface area (Å²) in [6.45, 7) is 14.4.